The maximum Gasteiger partial charge on any atom is 0.159 e. The summed E-state index contributed by atoms with van der Waals surface area (Å²) in [6.07, 6.45) is 2.74. The third-order valence-corrected chi connectivity index (χ3v) is 3.61. The van der Waals surface area contributed by atoms with Crippen molar-refractivity contribution < 1.29 is 4.79 Å². The van der Waals surface area contributed by atoms with Crippen molar-refractivity contribution >= 4 is 5.78 Å². The molecule has 0 saturated heterocycles. The molecule has 0 unspecified atom stereocenters. The lowest BCUT2D eigenvalue weighted by atomic mass is 9.99. The van der Waals surface area contributed by atoms with E-state index < -0.39 is 0 Å². The van der Waals surface area contributed by atoms with Crippen LogP contribution in [-0.4, -0.2) is 22.5 Å². The number of allylic oxidation sites excluding steroid dienone is 1. The highest BCUT2D eigenvalue weighted by atomic mass is 16.1. The first-order valence-corrected chi connectivity index (χ1v) is 6.79. The number of ketones is 1. The van der Waals surface area contributed by atoms with Gasteiger partial charge in [-0.1, -0.05) is 24.8 Å². The molecule has 20 heavy (non-hydrogen) atoms. The van der Waals surface area contributed by atoms with Crippen LogP contribution in [0.1, 0.15) is 16.8 Å². The molecule has 4 heteroatoms. The van der Waals surface area contributed by atoms with Gasteiger partial charge in [0.2, 0.25) is 0 Å². The first kappa shape index (κ1) is 12.8. The predicted octanol–water partition coefficient (Wildman–Crippen LogP) is 2.02. The Morgan fingerprint density at radius 3 is 3.20 bits per heavy atom. The quantitative estimate of drug-likeness (QED) is 0.833. The van der Waals surface area contributed by atoms with Gasteiger partial charge in [-0.2, -0.15) is 5.10 Å². The van der Waals surface area contributed by atoms with Crippen molar-refractivity contribution in [2.75, 3.05) is 6.54 Å². The standard InChI is InChI=1S/C16H17N3O/c1-2-13(20)9-11-4-3-5-12(8-11)16-14-10-17-7-6-15(14)18-19-16/h2-5,8,17H,1,6-7,9-10H2,(H,18,19). The van der Waals surface area contributed by atoms with Crippen LogP contribution >= 0.6 is 0 Å². The van der Waals surface area contributed by atoms with Gasteiger partial charge in [-0.05, 0) is 17.7 Å². The molecule has 0 fully saturated rings. The van der Waals surface area contributed by atoms with Crippen LogP contribution in [-0.2, 0) is 24.2 Å². The van der Waals surface area contributed by atoms with E-state index in [9.17, 15) is 4.79 Å². The first-order valence-electron chi connectivity index (χ1n) is 6.79. The van der Waals surface area contributed by atoms with Gasteiger partial charge in [0.25, 0.3) is 0 Å². The molecule has 0 amide bonds. The molecule has 3 rings (SSSR count). The molecule has 0 atom stereocenters. The second-order valence-corrected chi connectivity index (χ2v) is 5.00. The van der Waals surface area contributed by atoms with E-state index in [4.69, 9.17) is 0 Å². The van der Waals surface area contributed by atoms with E-state index >= 15 is 0 Å². The first-order chi connectivity index (χ1) is 9.78. The predicted molar refractivity (Wildman–Crippen MR) is 78.3 cm³/mol. The summed E-state index contributed by atoms with van der Waals surface area (Å²) in [6, 6.07) is 8.00. The number of aromatic amines is 1. The molecule has 102 valence electrons. The maximum absolute atomic E-state index is 11.5. The van der Waals surface area contributed by atoms with Crippen LogP contribution in [0, 0.1) is 0 Å². The lowest BCUT2D eigenvalue weighted by Crippen LogP contribution is -2.23. The molecular formula is C16H17N3O. The lowest BCUT2D eigenvalue weighted by molar-refractivity contribution is -0.114. The fourth-order valence-corrected chi connectivity index (χ4v) is 2.57. The molecule has 0 aliphatic carbocycles. The van der Waals surface area contributed by atoms with Crippen molar-refractivity contribution in [2.24, 2.45) is 0 Å². The van der Waals surface area contributed by atoms with Crippen LogP contribution in [0.25, 0.3) is 11.3 Å². The zero-order chi connectivity index (χ0) is 13.9. The van der Waals surface area contributed by atoms with Crippen LogP contribution in [0.3, 0.4) is 0 Å². The molecule has 2 N–H and O–H groups in total. The van der Waals surface area contributed by atoms with E-state index in [0.717, 1.165) is 36.3 Å². The highest BCUT2D eigenvalue weighted by Gasteiger charge is 2.17. The Kier molecular flexibility index (Phi) is 3.48. The SMILES string of the molecule is C=CC(=O)Cc1cccc(-c2n[nH]c3c2CNCC3)c1. The molecule has 0 saturated carbocycles. The Morgan fingerprint density at radius 1 is 1.45 bits per heavy atom. The number of rotatable bonds is 4. The Labute approximate surface area is 117 Å². The van der Waals surface area contributed by atoms with Gasteiger partial charge in [0.15, 0.2) is 5.78 Å². The molecular weight excluding hydrogens is 250 g/mol. The van der Waals surface area contributed by atoms with E-state index in [1.165, 1.54) is 17.3 Å². The van der Waals surface area contributed by atoms with Crippen LogP contribution in [0.5, 0.6) is 0 Å². The Hall–Kier alpha value is -2.20. The zero-order valence-corrected chi connectivity index (χ0v) is 11.3. The maximum atomic E-state index is 11.5. The Balaban J connectivity index is 1.94. The average Bonchev–Trinajstić information content (AvgIpc) is 2.91. The minimum absolute atomic E-state index is 0.0351. The van der Waals surface area contributed by atoms with E-state index in [2.05, 4.69) is 22.1 Å². The summed E-state index contributed by atoms with van der Waals surface area (Å²) in [7, 11) is 0. The number of nitrogens with zero attached hydrogens (tertiary/aromatic N) is 1. The monoisotopic (exact) mass is 267 g/mol. The normalized spacial score (nSPS) is 13.8. The fourth-order valence-electron chi connectivity index (χ4n) is 2.57. The van der Waals surface area contributed by atoms with Crippen molar-refractivity contribution in [1.82, 2.24) is 15.5 Å². The van der Waals surface area contributed by atoms with E-state index in [1.54, 1.807) is 0 Å². The number of hydrogen-bond donors (Lipinski definition) is 2. The summed E-state index contributed by atoms with van der Waals surface area (Å²) >= 11 is 0. The third-order valence-electron chi connectivity index (χ3n) is 3.61. The summed E-state index contributed by atoms with van der Waals surface area (Å²) in [5.41, 5.74) is 5.49. The topological polar surface area (TPSA) is 57.8 Å². The summed E-state index contributed by atoms with van der Waals surface area (Å²) in [6.45, 7) is 5.34. The zero-order valence-electron chi connectivity index (χ0n) is 11.3. The summed E-state index contributed by atoms with van der Waals surface area (Å²) in [4.78, 5) is 11.5. The molecule has 0 bridgehead atoms. The highest BCUT2D eigenvalue weighted by molar-refractivity contribution is 5.91. The lowest BCUT2D eigenvalue weighted by Gasteiger charge is -2.13. The molecule has 2 heterocycles. The summed E-state index contributed by atoms with van der Waals surface area (Å²) < 4.78 is 0. The van der Waals surface area contributed by atoms with Crippen molar-refractivity contribution in [3.05, 3.63) is 53.7 Å². The number of hydrogen-bond acceptors (Lipinski definition) is 3. The van der Waals surface area contributed by atoms with Crippen molar-refractivity contribution in [3.8, 4) is 11.3 Å². The van der Waals surface area contributed by atoms with Crippen LogP contribution in [0.15, 0.2) is 36.9 Å². The average molecular weight is 267 g/mol. The molecule has 0 radical (unpaired) electrons. The second-order valence-electron chi connectivity index (χ2n) is 5.00. The van der Waals surface area contributed by atoms with Gasteiger partial charge < -0.3 is 5.32 Å². The third kappa shape index (κ3) is 2.42. The minimum Gasteiger partial charge on any atom is -0.312 e. The molecule has 1 aromatic heterocycles. The van der Waals surface area contributed by atoms with Crippen LogP contribution in [0.4, 0.5) is 0 Å². The van der Waals surface area contributed by atoms with Gasteiger partial charge in [0.05, 0.1) is 5.69 Å². The molecule has 2 aromatic rings. The smallest absolute Gasteiger partial charge is 0.159 e. The number of nitrogens with one attached hydrogen (secondary N) is 2. The Morgan fingerprint density at radius 2 is 2.35 bits per heavy atom. The number of H-pyrrole nitrogens is 1. The van der Waals surface area contributed by atoms with Gasteiger partial charge in [-0.3, -0.25) is 9.89 Å². The number of benzene rings is 1. The van der Waals surface area contributed by atoms with Gasteiger partial charge in [-0.25, -0.2) is 0 Å². The summed E-state index contributed by atoms with van der Waals surface area (Å²) in [5.74, 6) is 0.0351. The molecule has 0 spiro atoms. The largest absolute Gasteiger partial charge is 0.312 e. The second kappa shape index (κ2) is 5.43. The highest BCUT2D eigenvalue weighted by Crippen LogP contribution is 2.26. The number of carbonyl (C=O) groups is 1. The van der Waals surface area contributed by atoms with Crippen molar-refractivity contribution in [2.45, 2.75) is 19.4 Å². The van der Waals surface area contributed by atoms with E-state index in [1.807, 2.05) is 24.3 Å². The fraction of sp³-hybridized carbons (Fsp3) is 0.250. The van der Waals surface area contributed by atoms with Gasteiger partial charge in [-0.15, -0.1) is 0 Å². The van der Waals surface area contributed by atoms with E-state index in [0.29, 0.717) is 6.42 Å². The molecule has 1 aliphatic heterocycles. The van der Waals surface area contributed by atoms with Crippen LogP contribution < -0.4 is 5.32 Å². The van der Waals surface area contributed by atoms with Crippen LogP contribution in [0.2, 0.25) is 0 Å². The number of carbonyl (C=O) groups excluding carboxylic acids is 1. The van der Waals surface area contributed by atoms with Crippen molar-refractivity contribution in [1.29, 1.82) is 0 Å². The van der Waals surface area contributed by atoms with Crippen molar-refractivity contribution in [3.63, 3.8) is 0 Å². The molecule has 1 aliphatic rings. The number of fused-ring (bicyclic) bond motifs is 1. The van der Waals surface area contributed by atoms with E-state index in [-0.39, 0.29) is 5.78 Å². The molecule has 1 aromatic carbocycles. The number of aromatic nitrogens is 2. The minimum atomic E-state index is 0.0351. The van der Waals surface area contributed by atoms with Gasteiger partial charge in [0, 0.05) is 42.8 Å². The molecule has 4 nitrogen and oxygen atoms in total. The van der Waals surface area contributed by atoms with Gasteiger partial charge in [0.1, 0.15) is 0 Å². The summed E-state index contributed by atoms with van der Waals surface area (Å²) in [5, 5.41) is 10.9. The van der Waals surface area contributed by atoms with Gasteiger partial charge >= 0.3 is 0 Å². The Bertz CT molecular complexity index is 657.